The van der Waals surface area contributed by atoms with Gasteiger partial charge in [0, 0.05) is 5.88 Å². The van der Waals surface area contributed by atoms with Crippen LogP contribution in [0.25, 0.3) is 0 Å². The highest BCUT2D eigenvalue weighted by molar-refractivity contribution is 6.17. The van der Waals surface area contributed by atoms with E-state index in [-0.39, 0.29) is 0 Å². The van der Waals surface area contributed by atoms with E-state index in [0.717, 1.165) is 12.3 Å². The van der Waals surface area contributed by atoms with E-state index in [1.165, 1.54) is 6.42 Å². The van der Waals surface area contributed by atoms with Crippen molar-refractivity contribution in [1.82, 2.24) is 0 Å². The predicted molar refractivity (Wildman–Crippen MR) is 59.7 cm³/mol. The minimum Gasteiger partial charge on any atom is -0.127 e. The molecule has 0 nitrogen and oxygen atoms in total. The van der Waals surface area contributed by atoms with Crippen LogP contribution in [-0.4, -0.2) is 5.88 Å². The van der Waals surface area contributed by atoms with E-state index >= 15 is 0 Å². The molecule has 0 fully saturated rings. The van der Waals surface area contributed by atoms with Crippen LogP contribution in [0.5, 0.6) is 0 Å². The molecular weight excluding hydrogens is 156 g/mol. The molecule has 0 unspecified atom stereocenters. The van der Waals surface area contributed by atoms with E-state index in [0.29, 0.717) is 0 Å². The van der Waals surface area contributed by atoms with Crippen molar-refractivity contribution in [3.8, 4) is 0 Å². The Balaban J connectivity index is -0.0000000315. The van der Waals surface area contributed by atoms with Crippen molar-refractivity contribution in [3.63, 3.8) is 0 Å². The molecule has 0 saturated carbocycles. The summed E-state index contributed by atoms with van der Waals surface area (Å²) in [6, 6.07) is 0. The third kappa shape index (κ3) is 425. The molecule has 0 aliphatic carbocycles. The molecule has 0 atom stereocenters. The van der Waals surface area contributed by atoms with Crippen LogP contribution in [0.3, 0.4) is 0 Å². The molecule has 0 N–H and O–H groups in total. The topological polar surface area (TPSA) is 0 Å². The maximum atomic E-state index is 5.19. The van der Waals surface area contributed by atoms with Crippen molar-refractivity contribution in [2.45, 2.75) is 61.3 Å². The number of halogens is 1. The van der Waals surface area contributed by atoms with Gasteiger partial charge in [0.1, 0.15) is 0 Å². The van der Waals surface area contributed by atoms with Gasteiger partial charge in [-0.2, -0.15) is 0 Å². The summed E-state index contributed by atoms with van der Waals surface area (Å²) in [6.07, 6.45) is 2.33. The third-order valence-electron chi connectivity index (χ3n) is 0.189. The Labute approximate surface area is 79.3 Å². The van der Waals surface area contributed by atoms with Crippen molar-refractivity contribution >= 4 is 11.6 Å². The largest absolute Gasteiger partial charge is 0.127 e. The molecule has 0 aromatic heterocycles. The maximum Gasteiger partial charge on any atom is 0.0220 e. The van der Waals surface area contributed by atoms with Gasteiger partial charge >= 0.3 is 0 Å². The molecule has 0 saturated heterocycles. The molecule has 1 heteroatoms. The Morgan fingerprint density at radius 2 is 0.909 bits per heavy atom. The van der Waals surface area contributed by atoms with Gasteiger partial charge in [-0.05, 0) is 6.42 Å². The predicted octanol–water partition coefficient (Wildman–Crippen LogP) is 5.10. The summed E-state index contributed by atoms with van der Waals surface area (Å²) in [5.74, 6) is 0.792. The number of rotatable bonds is 1. The lowest BCUT2D eigenvalue weighted by molar-refractivity contribution is 1.09. The molecule has 0 aliphatic heterocycles. The van der Waals surface area contributed by atoms with Crippen LogP contribution in [0, 0.1) is 0 Å². The molecule has 11 heavy (non-hydrogen) atoms. The summed E-state index contributed by atoms with van der Waals surface area (Å²) in [5.41, 5.74) is 0. The van der Waals surface area contributed by atoms with Crippen molar-refractivity contribution < 1.29 is 0 Å². The Morgan fingerprint density at radius 1 is 0.818 bits per heavy atom. The summed E-state index contributed by atoms with van der Waals surface area (Å²) < 4.78 is 0. The second-order valence-corrected chi connectivity index (χ2v) is 1.77. The first-order chi connectivity index (χ1) is 5.33. The molecule has 0 radical (unpaired) electrons. The molecule has 0 rings (SSSR count). The summed E-state index contributed by atoms with van der Waals surface area (Å²) in [6.45, 7) is 14.3. The minimum atomic E-state index is 0.792. The fourth-order valence-electron chi connectivity index (χ4n) is 0. The first-order valence-corrected chi connectivity index (χ1v) is 5.42. The van der Waals surface area contributed by atoms with Gasteiger partial charge in [-0.3, -0.25) is 0 Å². The Morgan fingerprint density at radius 3 is 0.909 bits per heavy atom. The second-order valence-electron chi connectivity index (χ2n) is 1.40. The monoisotopic (exact) mass is 182 g/mol. The van der Waals surface area contributed by atoms with E-state index < -0.39 is 0 Å². The molecule has 0 bridgehead atoms. The van der Waals surface area contributed by atoms with Crippen molar-refractivity contribution in [2.24, 2.45) is 0 Å². The number of hydrogen-bond acceptors (Lipinski definition) is 0. The molecule has 0 amide bonds. The van der Waals surface area contributed by atoms with Crippen molar-refractivity contribution in [3.05, 3.63) is 0 Å². The molecule has 74 valence electrons. The van der Waals surface area contributed by atoms with E-state index in [4.69, 9.17) is 11.6 Å². The van der Waals surface area contributed by atoms with Crippen LogP contribution in [0.4, 0.5) is 0 Å². The fourth-order valence-corrected chi connectivity index (χ4v) is 0. The zero-order chi connectivity index (χ0) is 10.1. The third-order valence-corrected chi connectivity index (χ3v) is 0.567. The number of alkyl halides is 1. The summed E-state index contributed by atoms with van der Waals surface area (Å²) in [4.78, 5) is 0. The van der Waals surface area contributed by atoms with E-state index in [1.54, 1.807) is 0 Å². The lowest BCUT2D eigenvalue weighted by Crippen LogP contribution is -1.55. The maximum absolute atomic E-state index is 5.19. The van der Waals surface area contributed by atoms with Gasteiger partial charge in [-0.15, -0.1) is 11.6 Å². The Kier molecular flexibility index (Phi) is 168. The average Bonchev–Trinajstić information content (AvgIpc) is 2.12. The smallest absolute Gasteiger partial charge is 0.0220 e. The van der Waals surface area contributed by atoms with Crippen LogP contribution in [0.2, 0.25) is 0 Å². The molecule has 0 aromatic rings. The van der Waals surface area contributed by atoms with Crippen LogP contribution in [0.15, 0.2) is 0 Å². The van der Waals surface area contributed by atoms with E-state index in [1.807, 2.05) is 34.6 Å². The second kappa shape index (κ2) is 82.0. The first kappa shape index (κ1) is 22.5. The van der Waals surface area contributed by atoms with Gasteiger partial charge in [0.25, 0.3) is 0 Å². The van der Waals surface area contributed by atoms with Gasteiger partial charge in [-0.1, -0.05) is 54.9 Å². The summed E-state index contributed by atoms with van der Waals surface area (Å²) >= 11 is 5.19. The quantitative estimate of drug-likeness (QED) is 0.495. The highest BCUT2D eigenvalue weighted by Crippen LogP contribution is 1.75. The van der Waals surface area contributed by atoms with Crippen LogP contribution < -0.4 is 0 Å². The zero-order valence-electron chi connectivity index (χ0n) is 9.50. The van der Waals surface area contributed by atoms with E-state index in [9.17, 15) is 0 Å². The SMILES string of the molecule is CC.CC.CCC.CCCCl. The highest BCUT2D eigenvalue weighted by Gasteiger charge is 1.59. The molecule has 0 aromatic carbocycles. The first-order valence-electron chi connectivity index (χ1n) is 4.89. The van der Waals surface area contributed by atoms with Gasteiger partial charge < -0.3 is 0 Å². The number of hydrogen-bond donors (Lipinski definition) is 0. The normalized spacial score (nSPS) is 5.45. The zero-order valence-corrected chi connectivity index (χ0v) is 10.3. The van der Waals surface area contributed by atoms with Crippen LogP contribution in [0.1, 0.15) is 61.3 Å². The molecule has 0 aliphatic rings. The highest BCUT2D eigenvalue weighted by atomic mass is 35.5. The molecular formula is C10H27Cl. The fraction of sp³-hybridized carbons (Fsp3) is 1.00. The van der Waals surface area contributed by atoms with Gasteiger partial charge in [0.15, 0.2) is 0 Å². The minimum absolute atomic E-state index is 0.792. The summed E-state index contributed by atoms with van der Waals surface area (Å²) in [7, 11) is 0. The van der Waals surface area contributed by atoms with E-state index in [2.05, 4.69) is 13.8 Å². The lowest BCUT2D eigenvalue weighted by Gasteiger charge is -1.65. The molecule has 0 spiro atoms. The molecule has 0 heterocycles. The van der Waals surface area contributed by atoms with Gasteiger partial charge in [0.05, 0.1) is 0 Å². The van der Waals surface area contributed by atoms with Gasteiger partial charge in [-0.25, -0.2) is 0 Å². The average molecular weight is 183 g/mol. The van der Waals surface area contributed by atoms with Crippen molar-refractivity contribution in [1.29, 1.82) is 0 Å². The van der Waals surface area contributed by atoms with Crippen molar-refractivity contribution in [2.75, 3.05) is 5.88 Å². The van der Waals surface area contributed by atoms with Crippen LogP contribution >= 0.6 is 11.6 Å². The Bertz CT molecular complexity index is 12.3. The van der Waals surface area contributed by atoms with Crippen LogP contribution in [-0.2, 0) is 0 Å². The summed E-state index contributed by atoms with van der Waals surface area (Å²) in [5, 5.41) is 0. The standard InChI is InChI=1S/C3H7Cl.C3H8.2C2H6/c1-2-3-4;1-3-2;2*1-2/h2-3H2,1H3;3H2,1-2H3;2*1-2H3. The lowest BCUT2D eigenvalue weighted by atomic mass is 10.6. The Hall–Kier alpha value is 0.290. The van der Waals surface area contributed by atoms with Gasteiger partial charge in [0.2, 0.25) is 0 Å².